The van der Waals surface area contributed by atoms with Gasteiger partial charge in [-0.3, -0.25) is 9.59 Å². The van der Waals surface area contributed by atoms with Gasteiger partial charge in [0.1, 0.15) is 5.69 Å². The molecule has 170 valence electrons. The number of thiophene rings is 2. The van der Waals surface area contributed by atoms with E-state index in [1.807, 2.05) is 13.8 Å². The van der Waals surface area contributed by atoms with Crippen molar-refractivity contribution in [2.75, 3.05) is 18.1 Å². The molecule has 0 aliphatic rings. The first-order chi connectivity index (χ1) is 15.3. The van der Waals surface area contributed by atoms with Gasteiger partial charge in [-0.2, -0.15) is 10.1 Å². The summed E-state index contributed by atoms with van der Waals surface area (Å²) in [5, 5.41) is 18.6. The minimum absolute atomic E-state index is 0. The zero-order valence-electron chi connectivity index (χ0n) is 17.6. The second kappa shape index (κ2) is 12.8. The van der Waals surface area contributed by atoms with Gasteiger partial charge in [-0.15, -0.1) is 22.7 Å². The summed E-state index contributed by atoms with van der Waals surface area (Å²) in [7, 11) is 0. The first-order valence-electron chi connectivity index (χ1n) is 9.80. The van der Waals surface area contributed by atoms with Crippen molar-refractivity contribution >= 4 is 121 Å². The third-order valence-corrected chi connectivity index (χ3v) is 7.46. The van der Waals surface area contributed by atoms with E-state index < -0.39 is 5.91 Å². The number of anilines is 1. The molecule has 33 heavy (non-hydrogen) atoms. The molecule has 3 rings (SSSR count). The molecule has 0 fully saturated rings. The minimum atomic E-state index is -0.444. The topological polar surface area (TPSA) is 73.2 Å². The second-order valence-corrected chi connectivity index (χ2v) is 9.34. The molecule has 0 aliphatic heterocycles. The van der Waals surface area contributed by atoms with Crippen LogP contribution in [0, 0.1) is 0 Å². The van der Waals surface area contributed by atoms with Gasteiger partial charge < -0.3 is 10.0 Å². The number of benzene rings is 1. The van der Waals surface area contributed by atoms with Gasteiger partial charge in [0.25, 0.3) is 11.8 Å². The van der Waals surface area contributed by atoms with Gasteiger partial charge in [0.05, 0.1) is 24.7 Å². The molecule has 0 bridgehead atoms. The predicted octanol–water partition coefficient (Wildman–Crippen LogP) is 5.98. The zero-order valence-corrected chi connectivity index (χ0v) is 20.8. The molecular weight excluding hydrogens is 528 g/mol. The molecule has 2 amide bonds. The monoisotopic (exact) mass is 549 g/mol. The van der Waals surface area contributed by atoms with Crippen LogP contribution < -0.4 is 5.01 Å². The number of halogens is 2. The van der Waals surface area contributed by atoms with Gasteiger partial charge in [-0.25, -0.2) is 0 Å². The molecule has 1 aromatic carbocycles. The van der Waals surface area contributed by atoms with Crippen molar-refractivity contribution in [3.8, 4) is 16.2 Å². The molecule has 0 spiro atoms. The van der Waals surface area contributed by atoms with E-state index in [0.717, 1.165) is 16.3 Å². The van der Waals surface area contributed by atoms with E-state index in [-0.39, 0.29) is 68.7 Å². The Kier molecular flexibility index (Phi) is 11.1. The Morgan fingerprint density at radius 3 is 2.27 bits per heavy atom. The molecule has 2 heterocycles. The molecule has 3 aromatic rings. The van der Waals surface area contributed by atoms with E-state index in [1.165, 1.54) is 17.6 Å². The fourth-order valence-corrected chi connectivity index (χ4v) is 5.13. The van der Waals surface area contributed by atoms with E-state index >= 15 is 0 Å². The van der Waals surface area contributed by atoms with Crippen molar-refractivity contribution in [1.29, 1.82) is 0 Å². The van der Waals surface area contributed by atoms with E-state index in [9.17, 15) is 14.7 Å². The number of nitrogens with zero attached hydrogens (tertiary/aromatic N) is 3. The zero-order chi connectivity index (χ0) is 23.4. The summed E-state index contributed by atoms with van der Waals surface area (Å²) in [5.74, 6) is -0.659. The van der Waals surface area contributed by atoms with Crippen molar-refractivity contribution in [2.45, 2.75) is 20.8 Å². The average molecular weight is 551 g/mol. The van der Waals surface area contributed by atoms with Crippen molar-refractivity contribution in [2.24, 2.45) is 5.10 Å². The Morgan fingerprint density at radius 2 is 1.70 bits per heavy atom. The number of rotatable bonds is 7. The van der Waals surface area contributed by atoms with Gasteiger partial charge in [-0.1, -0.05) is 29.3 Å². The molecule has 0 aliphatic carbocycles. The van der Waals surface area contributed by atoms with Crippen molar-refractivity contribution in [1.82, 2.24) is 4.90 Å². The fraction of sp³-hybridized carbons (Fsp3) is 0.227. The van der Waals surface area contributed by atoms with Crippen molar-refractivity contribution < 1.29 is 14.7 Å². The summed E-state index contributed by atoms with van der Waals surface area (Å²) in [5.41, 5.74) is 0.911. The van der Waals surface area contributed by atoms with Crippen LogP contribution in [0.4, 0.5) is 5.69 Å². The number of hydrogen-bond acceptors (Lipinski definition) is 6. The molecular formula is C22H22Cl2KN3O3S2. The Morgan fingerprint density at radius 1 is 1.06 bits per heavy atom. The molecule has 0 saturated carbocycles. The maximum atomic E-state index is 13.2. The number of carbonyl (C=O) groups excluding carboxylic acids is 2. The van der Waals surface area contributed by atoms with Crippen LogP contribution in [-0.2, 0) is 0 Å². The average Bonchev–Trinajstić information content (AvgIpc) is 3.42. The van der Waals surface area contributed by atoms with Crippen LogP contribution in [0.1, 0.15) is 40.1 Å². The van der Waals surface area contributed by atoms with Crippen LogP contribution in [0.3, 0.4) is 0 Å². The molecule has 2 aromatic heterocycles. The molecule has 0 saturated heterocycles. The van der Waals surface area contributed by atoms with E-state index in [1.54, 1.807) is 47.5 Å². The first kappa shape index (κ1) is 28.5. The van der Waals surface area contributed by atoms with Crippen LogP contribution in [0.2, 0.25) is 10.0 Å². The standard InChI is InChI=1S/C22H21Cl2N3O3S2.K.H/c1-4-25-27(22(30)18-10-9-17(32-18)21(29)26(5-2)6-3)16-12-31-20(19(16)28)13-7-8-14(23)15(24)11-13;;/h4,7-12,28H,5-6H2,1-3H3;;. The molecule has 0 atom stereocenters. The number of hydrazone groups is 1. The SMILES string of the molecule is CC=NN(C(=O)c1ccc(C(=O)N(CC)CC)s1)c1csc(-c2ccc(Cl)c(Cl)c2)c1O.[KH]. The van der Waals surface area contributed by atoms with Crippen molar-refractivity contribution in [3.05, 3.63) is 55.5 Å². The first-order valence-corrected chi connectivity index (χ1v) is 12.3. The summed E-state index contributed by atoms with van der Waals surface area (Å²) in [4.78, 5) is 28.9. The van der Waals surface area contributed by atoms with E-state index in [2.05, 4.69) is 5.10 Å². The fourth-order valence-electron chi connectivity index (χ4n) is 3.01. The number of carbonyl (C=O) groups is 2. The second-order valence-electron chi connectivity index (χ2n) is 6.56. The summed E-state index contributed by atoms with van der Waals surface area (Å²) >= 11 is 14.5. The van der Waals surface area contributed by atoms with Crippen LogP contribution in [-0.4, -0.2) is 92.5 Å². The van der Waals surface area contributed by atoms with Gasteiger partial charge >= 0.3 is 51.4 Å². The Balaban J connectivity index is 0.00000385. The molecule has 6 nitrogen and oxygen atoms in total. The summed E-state index contributed by atoms with van der Waals surface area (Å²) in [6, 6.07) is 8.28. The number of amides is 2. The Hall–Kier alpha value is -0.754. The van der Waals surface area contributed by atoms with E-state index in [0.29, 0.717) is 43.3 Å². The third kappa shape index (κ3) is 6.28. The maximum absolute atomic E-state index is 13.2. The molecule has 1 N–H and O–H groups in total. The molecule has 11 heteroatoms. The predicted molar refractivity (Wildman–Crippen MR) is 141 cm³/mol. The summed E-state index contributed by atoms with van der Waals surface area (Å²) < 4.78 is 0. The summed E-state index contributed by atoms with van der Waals surface area (Å²) in [6.07, 6.45) is 1.46. The van der Waals surface area contributed by atoms with Gasteiger partial charge in [0.2, 0.25) is 0 Å². The van der Waals surface area contributed by atoms with Crippen LogP contribution in [0.25, 0.3) is 10.4 Å². The van der Waals surface area contributed by atoms with Crippen LogP contribution >= 0.6 is 45.9 Å². The molecule has 0 radical (unpaired) electrons. The normalized spacial score (nSPS) is 10.8. The Labute approximate surface area is 253 Å². The molecule has 0 unspecified atom stereocenters. The Bertz CT molecular complexity index is 1180. The number of hydrogen-bond donors (Lipinski definition) is 1. The quantitative estimate of drug-likeness (QED) is 0.224. The van der Waals surface area contributed by atoms with E-state index in [4.69, 9.17) is 23.2 Å². The van der Waals surface area contributed by atoms with Gasteiger partial charge in [0, 0.05) is 24.7 Å². The van der Waals surface area contributed by atoms with Gasteiger partial charge in [-0.05, 0) is 50.6 Å². The van der Waals surface area contributed by atoms with Crippen LogP contribution in [0.5, 0.6) is 5.75 Å². The number of aromatic hydroxyl groups is 1. The summed E-state index contributed by atoms with van der Waals surface area (Å²) in [6.45, 7) is 6.66. The van der Waals surface area contributed by atoms with Crippen LogP contribution in [0.15, 0.2) is 40.8 Å². The third-order valence-electron chi connectivity index (χ3n) is 4.66. The van der Waals surface area contributed by atoms with Crippen molar-refractivity contribution in [3.63, 3.8) is 0 Å². The van der Waals surface area contributed by atoms with Gasteiger partial charge in [0.15, 0.2) is 5.75 Å².